The molecule has 4 nitrogen and oxygen atoms in total. The van der Waals surface area contributed by atoms with E-state index in [4.69, 9.17) is 4.74 Å². The van der Waals surface area contributed by atoms with Gasteiger partial charge >= 0.3 is 0 Å². The van der Waals surface area contributed by atoms with Crippen molar-refractivity contribution < 1.29 is 19.7 Å². The number of rotatable bonds is 5. The average molecular weight is 397 g/mol. The molecule has 0 radical (unpaired) electrons. The molecule has 0 amide bonds. The standard InChI is InChI=1S/C25H32O4/c1-8-29-23-18(13-14-21(27)16-9-11-17(26)12-10-16)22(28)19(24(2,3)4)15-20(23)25(5,6)7/h9-15,26,28H,8H2,1-7H3. The van der Waals surface area contributed by atoms with Crippen LogP contribution >= 0.6 is 0 Å². The summed E-state index contributed by atoms with van der Waals surface area (Å²) in [7, 11) is 0. The Hall–Kier alpha value is -2.75. The monoisotopic (exact) mass is 396 g/mol. The fourth-order valence-corrected chi connectivity index (χ4v) is 3.14. The predicted octanol–water partition coefficient (Wildman–Crippen LogP) is 5.99. The topological polar surface area (TPSA) is 66.8 Å². The van der Waals surface area contributed by atoms with E-state index >= 15 is 0 Å². The number of allylic oxidation sites excluding steroid dienone is 1. The lowest BCUT2D eigenvalue weighted by atomic mass is 9.78. The Kier molecular flexibility index (Phi) is 6.46. The maximum atomic E-state index is 12.6. The third-order valence-electron chi connectivity index (χ3n) is 4.75. The SMILES string of the molecule is CCOc1c(C(C)(C)C)cc(C(C)(C)C)c(O)c1C=CC(=O)c1ccc(O)cc1. The quantitative estimate of drug-likeness (QED) is 0.481. The van der Waals surface area contributed by atoms with Crippen molar-refractivity contribution >= 4 is 11.9 Å². The van der Waals surface area contributed by atoms with Crippen molar-refractivity contribution in [3.8, 4) is 17.2 Å². The molecule has 0 aliphatic rings. The minimum Gasteiger partial charge on any atom is -0.508 e. The summed E-state index contributed by atoms with van der Waals surface area (Å²) in [5, 5.41) is 20.5. The molecule has 2 aromatic rings. The molecule has 0 bridgehead atoms. The van der Waals surface area contributed by atoms with Crippen LogP contribution in [0, 0.1) is 0 Å². The van der Waals surface area contributed by atoms with Crippen LogP contribution in [0.15, 0.2) is 36.4 Å². The molecule has 2 rings (SSSR count). The van der Waals surface area contributed by atoms with Gasteiger partial charge < -0.3 is 14.9 Å². The maximum absolute atomic E-state index is 12.6. The Morgan fingerprint density at radius 3 is 2.00 bits per heavy atom. The number of ether oxygens (including phenoxy) is 1. The van der Waals surface area contributed by atoms with Crippen molar-refractivity contribution in [1.29, 1.82) is 0 Å². The number of carbonyl (C=O) groups excluding carboxylic acids is 1. The molecule has 0 fully saturated rings. The van der Waals surface area contributed by atoms with Gasteiger partial charge in [0.1, 0.15) is 17.2 Å². The predicted molar refractivity (Wildman–Crippen MR) is 118 cm³/mol. The molecule has 4 heteroatoms. The molecule has 2 aromatic carbocycles. The van der Waals surface area contributed by atoms with Crippen LogP contribution in [0.4, 0.5) is 0 Å². The van der Waals surface area contributed by atoms with E-state index in [2.05, 4.69) is 20.8 Å². The van der Waals surface area contributed by atoms with E-state index < -0.39 is 0 Å². The van der Waals surface area contributed by atoms with Crippen molar-refractivity contribution in [2.45, 2.75) is 59.3 Å². The zero-order chi connectivity index (χ0) is 22.0. The number of phenolic OH excluding ortho intramolecular Hbond substituents is 2. The lowest BCUT2D eigenvalue weighted by molar-refractivity contribution is 0.104. The zero-order valence-electron chi connectivity index (χ0n) is 18.5. The highest BCUT2D eigenvalue weighted by molar-refractivity contribution is 6.07. The van der Waals surface area contributed by atoms with E-state index in [-0.39, 0.29) is 28.1 Å². The highest BCUT2D eigenvalue weighted by Crippen LogP contribution is 2.45. The highest BCUT2D eigenvalue weighted by Gasteiger charge is 2.29. The summed E-state index contributed by atoms with van der Waals surface area (Å²) in [6, 6.07) is 8.10. The minimum absolute atomic E-state index is 0.106. The largest absolute Gasteiger partial charge is 0.508 e. The molecule has 0 aliphatic carbocycles. The van der Waals surface area contributed by atoms with E-state index in [0.717, 1.165) is 11.1 Å². The van der Waals surface area contributed by atoms with Gasteiger partial charge in [-0.2, -0.15) is 0 Å². The molecule has 0 atom stereocenters. The number of benzene rings is 2. The third-order valence-corrected chi connectivity index (χ3v) is 4.75. The van der Waals surface area contributed by atoms with Gasteiger partial charge in [-0.05, 0) is 60.2 Å². The summed E-state index contributed by atoms with van der Waals surface area (Å²) in [6.45, 7) is 14.8. The second kappa shape index (κ2) is 8.32. The van der Waals surface area contributed by atoms with Gasteiger partial charge in [0, 0.05) is 16.7 Å². The number of hydrogen-bond donors (Lipinski definition) is 2. The Balaban J connectivity index is 2.66. The van der Waals surface area contributed by atoms with Gasteiger partial charge in [0.15, 0.2) is 5.78 Å². The normalized spacial score (nSPS) is 12.4. The molecule has 29 heavy (non-hydrogen) atoms. The fourth-order valence-electron chi connectivity index (χ4n) is 3.14. The zero-order valence-corrected chi connectivity index (χ0v) is 18.5. The number of aromatic hydroxyl groups is 2. The van der Waals surface area contributed by atoms with E-state index in [0.29, 0.717) is 23.5 Å². The summed E-state index contributed by atoms with van der Waals surface area (Å²) >= 11 is 0. The van der Waals surface area contributed by atoms with Crippen molar-refractivity contribution in [1.82, 2.24) is 0 Å². The lowest BCUT2D eigenvalue weighted by Gasteiger charge is -2.29. The van der Waals surface area contributed by atoms with Gasteiger partial charge in [0.25, 0.3) is 0 Å². The second-order valence-electron chi connectivity index (χ2n) is 9.24. The van der Waals surface area contributed by atoms with E-state index in [9.17, 15) is 15.0 Å². The highest BCUT2D eigenvalue weighted by atomic mass is 16.5. The Morgan fingerprint density at radius 2 is 1.52 bits per heavy atom. The van der Waals surface area contributed by atoms with Crippen LogP contribution in [0.5, 0.6) is 17.2 Å². The van der Waals surface area contributed by atoms with Crippen LogP contribution in [0.2, 0.25) is 0 Å². The molecule has 0 heterocycles. The van der Waals surface area contributed by atoms with Gasteiger partial charge in [-0.3, -0.25) is 4.79 Å². The van der Waals surface area contributed by atoms with Gasteiger partial charge in [-0.1, -0.05) is 41.5 Å². The van der Waals surface area contributed by atoms with Gasteiger partial charge in [0.05, 0.1) is 12.2 Å². The first-order valence-corrected chi connectivity index (χ1v) is 9.91. The van der Waals surface area contributed by atoms with Crippen LogP contribution in [0.3, 0.4) is 0 Å². The summed E-state index contributed by atoms with van der Waals surface area (Å²) in [5.41, 5.74) is 2.28. The second-order valence-corrected chi connectivity index (χ2v) is 9.24. The third kappa shape index (κ3) is 5.20. The summed E-state index contributed by atoms with van der Waals surface area (Å²) in [6.07, 6.45) is 3.06. The molecule has 0 aromatic heterocycles. The Bertz CT molecular complexity index is 908. The number of hydrogen-bond acceptors (Lipinski definition) is 4. The molecule has 0 unspecified atom stereocenters. The van der Waals surface area contributed by atoms with Gasteiger partial charge in [0.2, 0.25) is 0 Å². The molecular weight excluding hydrogens is 364 g/mol. The Labute approximate surface area is 173 Å². The molecular formula is C25H32O4. The summed E-state index contributed by atoms with van der Waals surface area (Å²) in [5.74, 6) is 0.615. The van der Waals surface area contributed by atoms with Crippen LogP contribution in [0.25, 0.3) is 6.08 Å². The van der Waals surface area contributed by atoms with Gasteiger partial charge in [-0.25, -0.2) is 0 Å². The minimum atomic E-state index is -0.279. The lowest BCUT2D eigenvalue weighted by Crippen LogP contribution is -2.19. The number of ketones is 1. The van der Waals surface area contributed by atoms with Crippen LogP contribution in [-0.2, 0) is 10.8 Å². The number of carbonyl (C=O) groups is 1. The van der Waals surface area contributed by atoms with Crippen LogP contribution < -0.4 is 4.74 Å². The van der Waals surface area contributed by atoms with Crippen molar-refractivity contribution in [2.75, 3.05) is 6.61 Å². The van der Waals surface area contributed by atoms with E-state index in [1.165, 1.54) is 18.2 Å². The summed E-state index contributed by atoms with van der Waals surface area (Å²) in [4.78, 5) is 12.6. The maximum Gasteiger partial charge on any atom is 0.185 e. The first-order valence-electron chi connectivity index (χ1n) is 9.91. The van der Waals surface area contributed by atoms with E-state index in [1.807, 2.05) is 33.8 Å². The molecule has 0 aliphatic heterocycles. The van der Waals surface area contributed by atoms with Gasteiger partial charge in [-0.15, -0.1) is 0 Å². The Morgan fingerprint density at radius 1 is 0.966 bits per heavy atom. The molecule has 0 saturated heterocycles. The van der Waals surface area contributed by atoms with Crippen molar-refractivity contribution in [2.24, 2.45) is 0 Å². The first kappa shape index (κ1) is 22.5. The van der Waals surface area contributed by atoms with Crippen LogP contribution in [-0.4, -0.2) is 22.6 Å². The number of phenols is 2. The molecule has 0 saturated carbocycles. The fraction of sp³-hybridized carbons (Fsp3) is 0.400. The van der Waals surface area contributed by atoms with Crippen molar-refractivity contribution in [3.63, 3.8) is 0 Å². The van der Waals surface area contributed by atoms with Crippen LogP contribution in [0.1, 0.15) is 75.5 Å². The molecule has 156 valence electrons. The van der Waals surface area contributed by atoms with Crippen molar-refractivity contribution in [3.05, 3.63) is 58.7 Å². The smallest absolute Gasteiger partial charge is 0.185 e. The summed E-state index contributed by atoms with van der Waals surface area (Å²) < 4.78 is 5.94. The average Bonchev–Trinajstić information content (AvgIpc) is 2.59. The van der Waals surface area contributed by atoms with E-state index in [1.54, 1.807) is 18.2 Å². The molecule has 2 N–H and O–H groups in total. The first-order chi connectivity index (χ1) is 13.4. The molecule has 0 spiro atoms.